The molecule has 0 radical (unpaired) electrons. The van der Waals surface area contributed by atoms with E-state index in [1.165, 1.54) is 11.4 Å². The average Bonchev–Trinajstić information content (AvgIpc) is 2.63. The van der Waals surface area contributed by atoms with Crippen molar-refractivity contribution in [2.75, 3.05) is 13.1 Å². The van der Waals surface area contributed by atoms with Crippen molar-refractivity contribution in [2.24, 2.45) is 12.8 Å². The summed E-state index contributed by atoms with van der Waals surface area (Å²) in [4.78, 5) is 2.47. The quantitative estimate of drug-likeness (QED) is 0.827. The Balaban J connectivity index is 1.95. The second kappa shape index (κ2) is 4.97. The zero-order valence-electron chi connectivity index (χ0n) is 10.3. The third-order valence-corrected chi connectivity index (χ3v) is 3.41. The molecule has 0 aromatic carbocycles. The molecule has 16 heavy (non-hydrogen) atoms. The van der Waals surface area contributed by atoms with Crippen molar-refractivity contribution >= 4 is 0 Å². The van der Waals surface area contributed by atoms with E-state index in [0.29, 0.717) is 6.04 Å². The first kappa shape index (κ1) is 11.6. The van der Waals surface area contributed by atoms with Crippen LogP contribution in [0.4, 0.5) is 0 Å². The lowest BCUT2D eigenvalue weighted by Gasteiger charge is -2.29. The van der Waals surface area contributed by atoms with Gasteiger partial charge < -0.3 is 5.73 Å². The molecule has 0 spiro atoms. The molecule has 1 aromatic heterocycles. The van der Waals surface area contributed by atoms with Crippen LogP contribution in [0.5, 0.6) is 0 Å². The van der Waals surface area contributed by atoms with Crippen molar-refractivity contribution < 1.29 is 0 Å². The highest BCUT2D eigenvalue weighted by molar-refractivity contribution is 5.10. The summed E-state index contributed by atoms with van der Waals surface area (Å²) in [5, 5.41) is 4.47. The molecule has 2 N–H and O–H groups in total. The number of nitrogens with two attached hydrogens (primary N) is 1. The fourth-order valence-electron chi connectivity index (χ4n) is 2.23. The molecular weight excluding hydrogens is 200 g/mol. The molecule has 0 aliphatic carbocycles. The third-order valence-electron chi connectivity index (χ3n) is 3.41. The lowest BCUT2D eigenvalue weighted by Crippen LogP contribution is -2.39. The van der Waals surface area contributed by atoms with Crippen LogP contribution in [0.2, 0.25) is 0 Å². The van der Waals surface area contributed by atoms with Gasteiger partial charge in [0.1, 0.15) is 0 Å². The maximum Gasteiger partial charge on any atom is 0.0625 e. The molecule has 1 fully saturated rings. The van der Waals surface area contributed by atoms with Crippen molar-refractivity contribution in [2.45, 2.75) is 38.8 Å². The molecule has 4 heteroatoms. The van der Waals surface area contributed by atoms with Gasteiger partial charge in [0.05, 0.1) is 11.4 Å². The molecule has 1 saturated heterocycles. The van der Waals surface area contributed by atoms with Crippen molar-refractivity contribution in [1.82, 2.24) is 14.7 Å². The Morgan fingerprint density at radius 3 is 2.69 bits per heavy atom. The second-order valence-corrected chi connectivity index (χ2v) is 4.72. The Hall–Kier alpha value is -0.870. The first-order valence-electron chi connectivity index (χ1n) is 6.18. The van der Waals surface area contributed by atoms with E-state index in [2.05, 4.69) is 23.0 Å². The molecule has 4 nitrogen and oxygen atoms in total. The monoisotopic (exact) mass is 222 g/mol. The standard InChI is InChI=1S/C12H22N4/c1-3-11-8-12(15(2)14-11)9-16-6-4-10(13)5-7-16/h8,10H,3-7,9,13H2,1-2H3. The molecule has 1 aromatic rings. The van der Waals surface area contributed by atoms with Gasteiger partial charge in [-0.25, -0.2) is 0 Å². The fraction of sp³-hybridized carbons (Fsp3) is 0.750. The zero-order valence-corrected chi connectivity index (χ0v) is 10.3. The van der Waals surface area contributed by atoms with Crippen molar-refractivity contribution in [3.63, 3.8) is 0 Å². The molecule has 0 bridgehead atoms. The van der Waals surface area contributed by atoms with Gasteiger partial charge in [0.2, 0.25) is 0 Å². The van der Waals surface area contributed by atoms with Gasteiger partial charge in [0.15, 0.2) is 0 Å². The van der Waals surface area contributed by atoms with Gasteiger partial charge in [-0.05, 0) is 25.3 Å². The van der Waals surface area contributed by atoms with Gasteiger partial charge >= 0.3 is 0 Å². The summed E-state index contributed by atoms with van der Waals surface area (Å²) in [5.74, 6) is 0. The molecular formula is C12H22N4. The summed E-state index contributed by atoms with van der Waals surface area (Å²) in [6.07, 6.45) is 3.26. The average molecular weight is 222 g/mol. The predicted molar refractivity (Wildman–Crippen MR) is 65.1 cm³/mol. The summed E-state index contributed by atoms with van der Waals surface area (Å²) < 4.78 is 2.01. The maximum absolute atomic E-state index is 5.90. The SMILES string of the molecule is CCc1cc(CN2CCC(N)CC2)n(C)n1. The summed E-state index contributed by atoms with van der Waals surface area (Å²) in [6.45, 7) is 5.39. The second-order valence-electron chi connectivity index (χ2n) is 4.72. The van der Waals surface area contributed by atoms with Gasteiger partial charge in [-0.15, -0.1) is 0 Å². The predicted octanol–water partition coefficient (Wildman–Crippen LogP) is 0.906. The Morgan fingerprint density at radius 1 is 1.44 bits per heavy atom. The largest absolute Gasteiger partial charge is 0.328 e. The van der Waals surface area contributed by atoms with Crippen LogP contribution in [0.15, 0.2) is 6.07 Å². The number of likely N-dealkylation sites (tertiary alicyclic amines) is 1. The molecule has 0 atom stereocenters. The number of hydrogen-bond acceptors (Lipinski definition) is 3. The van der Waals surface area contributed by atoms with Gasteiger partial charge in [0.25, 0.3) is 0 Å². The van der Waals surface area contributed by atoms with E-state index < -0.39 is 0 Å². The fourth-order valence-corrected chi connectivity index (χ4v) is 2.23. The van der Waals surface area contributed by atoms with Gasteiger partial charge in [-0.3, -0.25) is 9.58 Å². The number of piperidine rings is 1. The molecule has 2 heterocycles. The van der Waals surface area contributed by atoms with E-state index in [1.807, 2.05) is 11.7 Å². The van der Waals surface area contributed by atoms with Crippen LogP contribution in [0.25, 0.3) is 0 Å². The third kappa shape index (κ3) is 2.62. The highest BCUT2D eigenvalue weighted by Crippen LogP contribution is 2.13. The van der Waals surface area contributed by atoms with E-state index in [4.69, 9.17) is 5.73 Å². The Bertz CT molecular complexity index is 337. The maximum atomic E-state index is 5.90. The van der Waals surface area contributed by atoms with E-state index in [-0.39, 0.29) is 0 Å². The molecule has 0 amide bonds. The van der Waals surface area contributed by atoms with Crippen molar-refractivity contribution in [3.05, 3.63) is 17.5 Å². The molecule has 1 aliphatic rings. The van der Waals surface area contributed by atoms with Gasteiger partial charge in [0, 0.05) is 32.7 Å². The summed E-state index contributed by atoms with van der Waals surface area (Å²) in [7, 11) is 2.03. The Kier molecular flexibility index (Phi) is 3.61. The van der Waals surface area contributed by atoms with Crippen LogP contribution in [-0.2, 0) is 20.0 Å². The van der Waals surface area contributed by atoms with Crippen molar-refractivity contribution in [3.8, 4) is 0 Å². The van der Waals surface area contributed by atoms with Crippen LogP contribution in [0.3, 0.4) is 0 Å². The number of rotatable bonds is 3. The number of aromatic nitrogens is 2. The molecule has 0 saturated carbocycles. The van der Waals surface area contributed by atoms with E-state index in [1.54, 1.807) is 0 Å². The number of hydrogen-bond donors (Lipinski definition) is 1. The minimum atomic E-state index is 0.411. The summed E-state index contributed by atoms with van der Waals surface area (Å²) in [5.41, 5.74) is 8.40. The first-order valence-corrected chi connectivity index (χ1v) is 6.18. The lowest BCUT2D eigenvalue weighted by atomic mass is 10.1. The van der Waals surface area contributed by atoms with Crippen LogP contribution in [-0.4, -0.2) is 33.8 Å². The topological polar surface area (TPSA) is 47.1 Å². The van der Waals surface area contributed by atoms with Crippen LogP contribution < -0.4 is 5.73 Å². The van der Waals surface area contributed by atoms with Gasteiger partial charge in [-0.2, -0.15) is 5.10 Å². The Morgan fingerprint density at radius 2 is 2.12 bits per heavy atom. The number of aryl methyl sites for hydroxylation is 2. The van der Waals surface area contributed by atoms with E-state index in [0.717, 1.165) is 38.9 Å². The first-order chi connectivity index (χ1) is 7.69. The lowest BCUT2D eigenvalue weighted by molar-refractivity contribution is 0.201. The Labute approximate surface area is 97.4 Å². The van der Waals surface area contributed by atoms with E-state index >= 15 is 0 Å². The van der Waals surface area contributed by atoms with E-state index in [9.17, 15) is 0 Å². The summed E-state index contributed by atoms with van der Waals surface area (Å²) in [6, 6.07) is 2.63. The molecule has 90 valence electrons. The summed E-state index contributed by atoms with van der Waals surface area (Å²) >= 11 is 0. The van der Waals surface area contributed by atoms with Crippen LogP contribution in [0.1, 0.15) is 31.2 Å². The molecule has 1 aliphatic heterocycles. The van der Waals surface area contributed by atoms with Crippen LogP contribution in [0, 0.1) is 0 Å². The highest BCUT2D eigenvalue weighted by Gasteiger charge is 2.17. The normalized spacial score (nSPS) is 19.2. The smallest absolute Gasteiger partial charge is 0.0625 e. The zero-order chi connectivity index (χ0) is 11.5. The van der Waals surface area contributed by atoms with Crippen LogP contribution >= 0.6 is 0 Å². The van der Waals surface area contributed by atoms with Gasteiger partial charge in [-0.1, -0.05) is 6.92 Å². The highest BCUT2D eigenvalue weighted by atomic mass is 15.3. The molecule has 0 unspecified atom stereocenters. The van der Waals surface area contributed by atoms with Crippen molar-refractivity contribution in [1.29, 1.82) is 0 Å². The number of nitrogens with zero attached hydrogens (tertiary/aromatic N) is 3. The molecule has 2 rings (SSSR count). The minimum Gasteiger partial charge on any atom is -0.328 e. The minimum absolute atomic E-state index is 0.411.